The zero-order chi connectivity index (χ0) is 20.8. The molecule has 10 nitrogen and oxygen atoms in total. The molecule has 0 unspecified atom stereocenters. The van der Waals surface area contributed by atoms with Crippen LogP contribution in [0.15, 0.2) is 30.3 Å². The van der Waals surface area contributed by atoms with E-state index in [1.165, 1.54) is 22.7 Å². The largest absolute Gasteiger partial charge is 0.357 e. The van der Waals surface area contributed by atoms with Crippen molar-refractivity contribution >= 4 is 55.5 Å². The SMILES string of the molecule is O=CNc1nnc(NC2CCN(c3nnc(NC(=O)Cc4ccccc4)s3)CC2)s1. The Hall–Kier alpha value is -3.12. The third-order valence-electron chi connectivity index (χ3n) is 4.57. The van der Waals surface area contributed by atoms with E-state index in [0.717, 1.165) is 36.6 Å². The van der Waals surface area contributed by atoms with Gasteiger partial charge >= 0.3 is 0 Å². The molecule has 0 spiro atoms. The van der Waals surface area contributed by atoms with E-state index in [0.29, 0.717) is 28.2 Å². The number of carbonyl (C=O) groups excluding carboxylic acids is 2. The Labute approximate surface area is 180 Å². The Kier molecular flexibility index (Phi) is 6.44. The van der Waals surface area contributed by atoms with Gasteiger partial charge in [-0.25, -0.2) is 0 Å². The summed E-state index contributed by atoms with van der Waals surface area (Å²) in [5.74, 6) is -0.104. The summed E-state index contributed by atoms with van der Waals surface area (Å²) < 4.78 is 0. The molecule has 3 N–H and O–H groups in total. The maximum absolute atomic E-state index is 12.2. The van der Waals surface area contributed by atoms with Crippen LogP contribution in [0.1, 0.15) is 18.4 Å². The molecule has 3 heterocycles. The molecule has 2 aromatic heterocycles. The smallest absolute Gasteiger partial charge is 0.230 e. The van der Waals surface area contributed by atoms with Gasteiger partial charge < -0.3 is 20.9 Å². The number of hydrogen-bond donors (Lipinski definition) is 3. The lowest BCUT2D eigenvalue weighted by Crippen LogP contribution is -2.39. The molecule has 12 heteroatoms. The Morgan fingerprint density at radius 1 is 1.03 bits per heavy atom. The first-order valence-electron chi connectivity index (χ1n) is 9.42. The van der Waals surface area contributed by atoms with Gasteiger partial charge in [-0.2, -0.15) is 0 Å². The molecule has 1 aromatic carbocycles. The molecule has 3 aromatic rings. The molecule has 0 aliphatic carbocycles. The number of carbonyl (C=O) groups is 2. The number of nitrogens with zero attached hydrogens (tertiary/aromatic N) is 5. The molecule has 1 aliphatic heterocycles. The molecular weight excluding hydrogens is 424 g/mol. The first-order chi connectivity index (χ1) is 14.7. The van der Waals surface area contributed by atoms with Crippen LogP contribution in [-0.4, -0.2) is 51.8 Å². The maximum atomic E-state index is 12.2. The van der Waals surface area contributed by atoms with Crippen LogP contribution in [0.3, 0.4) is 0 Å². The van der Waals surface area contributed by atoms with Crippen LogP contribution in [0, 0.1) is 0 Å². The van der Waals surface area contributed by atoms with Gasteiger partial charge in [0.2, 0.25) is 32.8 Å². The van der Waals surface area contributed by atoms with Gasteiger partial charge in [-0.1, -0.05) is 53.0 Å². The van der Waals surface area contributed by atoms with Crippen LogP contribution in [0.2, 0.25) is 0 Å². The Balaban J connectivity index is 1.25. The minimum Gasteiger partial charge on any atom is -0.357 e. The summed E-state index contributed by atoms with van der Waals surface area (Å²) in [6, 6.07) is 9.87. The van der Waals surface area contributed by atoms with E-state index in [-0.39, 0.29) is 11.9 Å². The highest BCUT2D eigenvalue weighted by atomic mass is 32.1. The highest BCUT2D eigenvalue weighted by Gasteiger charge is 2.23. The van der Waals surface area contributed by atoms with E-state index in [1.807, 2.05) is 30.3 Å². The summed E-state index contributed by atoms with van der Waals surface area (Å²) in [6.45, 7) is 1.64. The zero-order valence-corrected chi connectivity index (χ0v) is 17.6. The van der Waals surface area contributed by atoms with Gasteiger partial charge in [0.05, 0.1) is 6.42 Å². The minimum atomic E-state index is -0.104. The zero-order valence-electron chi connectivity index (χ0n) is 15.9. The molecule has 0 atom stereocenters. The normalized spacial score (nSPS) is 14.3. The number of aromatic nitrogens is 4. The first-order valence-corrected chi connectivity index (χ1v) is 11.1. The number of nitrogens with one attached hydrogen (secondary N) is 3. The van der Waals surface area contributed by atoms with E-state index in [1.54, 1.807) is 0 Å². The minimum absolute atomic E-state index is 0.104. The van der Waals surface area contributed by atoms with Gasteiger partial charge in [0.15, 0.2) is 0 Å². The van der Waals surface area contributed by atoms with Crippen molar-refractivity contribution in [2.45, 2.75) is 25.3 Å². The second-order valence-electron chi connectivity index (χ2n) is 6.68. The molecule has 1 aliphatic rings. The van der Waals surface area contributed by atoms with Crippen LogP contribution < -0.4 is 20.9 Å². The quantitative estimate of drug-likeness (QED) is 0.452. The van der Waals surface area contributed by atoms with E-state index in [4.69, 9.17) is 0 Å². The predicted molar refractivity (Wildman–Crippen MR) is 117 cm³/mol. The number of anilines is 4. The second kappa shape index (κ2) is 9.59. The summed E-state index contributed by atoms with van der Waals surface area (Å²) >= 11 is 2.69. The lowest BCUT2D eigenvalue weighted by molar-refractivity contribution is -0.115. The lowest BCUT2D eigenvalue weighted by atomic mass is 10.1. The molecule has 1 saturated heterocycles. The third-order valence-corrected chi connectivity index (χ3v) is 6.25. The average Bonchev–Trinajstić information content (AvgIpc) is 3.39. The van der Waals surface area contributed by atoms with Gasteiger partial charge in [0.25, 0.3) is 0 Å². The van der Waals surface area contributed by atoms with Crippen LogP contribution in [0.25, 0.3) is 0 Å². The molecule has 0 radical (unpaired) electrons. The van der Waals surface area contributed by atoms with E-state index < -0.39 is 0 Å². The van der Waals surface area contributed by atoms with Crippen LogP contribution >= 0.6 is 22.7 Å². The maximum Gasteiger partial charge on any atom is 0.230 e. The number of benzene rings is 1. The molecule has 156 valence electrons. The fourth-order valence-corrected chi connectivity index (χ4v) is 4.61. The molecule has 2 amide bonds. The number of piperidine rings is 1. The van der Waals surface area contributed by atoms with Crippen molar-refractivity contribution in [3.63, 3.8) is 0 Å². The topological polar surface area (TPSA) is 125 Å². The standard InChI is InChI=1S/C18H20N8O2S2/c27-11-19-15-22-23-16(29-15)20-13-6-8-26(9-7-13)18-25-24-17(30-18)21-14(28)10-12-4-2-1-3-5-12/h1-5,11,13H,6-10H2,(H,20,23)(H,19,22,27)(H,21,24,28). The lowest BCUT2D eigenvalue weighted by Gasteiger charge is -2.31. The molecule has 0 bridgehead atoms. The summed E-state index contributed by atoms with van der Waals surface area (Å²) in [6.07, 6.45) is 2.71. The summed E-state index contributed by atoms with van der Waals surface area (Å²) in [7, 11) is 0. The first kappa shape index (κ1) is 20.2. The van der Waals surface area contributed by atoms with Crippen molar-refractivity contribution in [2.24, 2.45) is 0 Å². The van der Waals surface area contributed by atoms with Crippen molar-refractivity contribution in [1.29, 1.82) is 0 Å². The molecule has 4 rings (SSSR count). The van der Waals surface area contributed by atoms with E-state index in [2.05, 4.69) is 41.2 Å². The number of hydrogen-bond acceptors (Lipinski definition) is 10. The highest BCUT2D eigenvalue weighted by molar-refractivity contribution is 7.19. The van der Waals surface area contributed by atoms with Gasteiger partial charge in [-0.15, -0.1) is 20.4 Å². The van der Waals surface area contributed by atoms with Crippen LogP contribution in [0.5, 0.6) is 0 Å². The van der Waals surface area contributed by atoms with Gasteiger partial charge in [0, 0.05) is 19.1 Å². The summed E-state index contributed by atoms with van der Waals surface area (Å²) in [5, 5.41) is 27.4. The van der Waals surface area contributed by atoms with E-state index >= 15 is 0 Å². The Bertz CT molecular complexity index is 985. The van der Waals surface area contributed by atoms with Crippen molar-refractivity contribution in [2.75, 3.05) is 33.9 Å². The van der Waals surface area contributed by atoms with Crippen LogP contribution in [0.4, 0.5) is 20.5 Å². The van der Waals surface area contributed by atoms with Crippen molar-refractivity contribution in [3.05, 3.63) is 35.9 Å². The highest BCUT2D eigenvalue weighted by Crippen LogP contribution is 2.28. The van der Waals surface area contributed by atoms with Crippen molar-refractivity contribution < 1.29 is 9.59 Å². The van der Waals surface area contributed by atoms with Gasteiger partial charge in [0.1, 0.15) is 0 Å². The average molecular weight is 445 g/mol. The molecule has 1 fully saturated rings. The predicted octanol–water partition coefficient (Wildman–Crippen LogP) is 2.22. The Morgan fingerprint density at radius 2 is 1.77 bits per heavy atom. The monoisotopic (exact) mass is 444 g/mol. The molecule has 0 saturated carbocycles. The van der Waals surface area contributed by atoms with E-state index in [9.17, 15) is 9.59 Å². The van der Waals surface area contributed by atoms with Crippen molar-refractivity contribution in [3.8, 4) is 0 Å². The second-order valence-corrected chi connectivity index (χ2v) is 8.61. The van der Waals surface area contributed by atoms with Gasteiger partial charge in [-0.3, -0.25) is 9.59 Å². The van der Waals surface area contributed by atoms with Gasteiger partial charge in [-0.05, 0) is 18.4 Å². The fourth-order valence-electron chi connectivity index (χ4n) is 3.12. The summed E-state index contributed by atoms with van der Waals surface area (Å²) in [5.41, 5.74) is 0.957. The number of rotatable bonds is 8. The molecular formula is C18H20N8O2S2. The van der Waals surface area contributed by atoms with Crippen LogP contribution in [-0.2, 0) is 16.0 Å². The molecule has 30 heavy (non-hydrogen) atoms. The van der Waals surface area contributed by atoms with Crippen molar-refractivity contribution in [1.82, 2.24) is 20.4 Å². The third kappa shape index (κ3) is 5.27. The fraction of sp³-hybridized carbons (Fsp3) is 0.333. The Morgan fingerprint density at radius 3 is 2.53 bits per heavy atom. The summed E-state index contributed by atoms with van der Waals surface area (Å²) in [4.78, 5) is 24.8. The number of amides is 2.